The molecule has 0 radical (unpaired) electrons. The fourth-order valence-corrected chi connectivity index (χ4v) is 4.52. The van der Waals surface area contributed by atoms with Crippen LogP contribution >= 0.6 is 0 Å². The second-order valence-electron chi connectivity index (χ2n) is 7.39. The van der Waals surface area contributed by atoms with Gasteiger partial charge in [0.2, 0.25) is 10.0 Å². The maximum Gasteiger partial charge on any atom is 0.252 e. The second kappa shape index (κ2) is 9.28. The number of hydrogen-bond donors (Lipinski definition) is 2. The average Bonchev–Trinajstić information content (AvgIpc) is 3.18. The van der Waals surface area contributed by atoms with E-state index in [4.69, 9.17) is 11.4 Å². The Hall–Kier alpha value is -3.93. The van der Waals surface area contributed by atoms with Crippen molar-refractivity contribution < 1.29 is 13.2 Å². The maximum absolute atomic E-state index is 13.1. The van der Waals surface area contributed by atoms with E-state index >= 15 is 0 Å². The van der Waals surface area contributed by atoms with Crippen molar-refractivity contribution in [1.29, 1.82) is 0 Å². The lowest BCUT2D eigenvalue weighted by Crippen LogP contribution is -2.31. The number of para-hydroxylation sites is 2. The summed E-state index contributed by atoms with van der Waals surface area (Å²) in [6.07, 6.45) is 5.12. The van der Waals surface area contributed by atoms with Crippen molar-refractivity contribution in [2.75, 3.05) is 6.54 Å². The highest BCUT2D eigenvalue weighted by Crippen LogP contribution is 2.25. The first-order valence-electron chi connectivity index (χ1n) is 10.2. The Morgan fingerprint density at radius 1 is 1.03 bits per heavy atom. The number of nitrogens with one attached hydrogen (secondary N) is 2. The number of imidazole rings is 1. The molecule has 1 heterocycles. The highest BCUT2D eigenvalue weighted by molar-refractivity contribution is 7.89. The first-order valence-corrected chi connectivity index (χ1v) is 11.7. The van der Waals surface area contributed by atoms with Gasteiger partial charge in [0.05, 0.1) is 22.5 Å². The van der Waals surface area contributed by atoms with Gasteiger partial charge in [0.1, 0.15) is 11.9 Å². The van der Waals surface area contributed by atoms with Crippen LogP contribution in [0.2, 0.25) is 0 Å². The number of benzene rings is 3. The Bertz CT molecular complexity index is 1440. The van der Waals surface area contributed by atoms with Gasteiger partial charge in [-0.05, 0) is 42.0 Å². The minimum atomic E-state index is -3.73. The molecule has 1 aromatic heterocycles. The molecule has 0 fully saturated rings. The molecule has 1 amide bonds. The van der Waals surface area contributed by atoms with Gasteiger partial charge in [0.15, 0.2) is 0 Å². The van der Waals surface area contributed by atoms with Crippen molar-refractivity contribution in [1.82, 2.24) is 19.6 Å². The fourth-order valence-electron chi connectivity index (χ4n) is 3.58. The van der Waals surface area contributed by atoms with Gasteiger partial charge in [-0.25, -0.2) is 13.4 Å². The van der Waals surface area contributed by atoms with Gasteiger partial charge in [0, 0.05) is 12.6 Å². The largest absolute Gasteiger partial charge is 0.338 e. The minimum Gasteiger partial charge on any atom is -0.338 e. The number of sulfonamides is 1. The SMILES string of the molecule is C#CCNS(=O)(=O)c1ccc(C(=O)NC(c2ccccc2)c2nc3ccccc3n2C)cc1. The fraction of sp³-hybridized carbons (Fsp3) is 0.120. The molecule has 0 saturated carbocycles. The summed E-state index contributed by atoms with van der Waals surface area (Å²) >= 11 is 0. The Balaban J connectivity index is 1.65. The van der Waals surface area contributed by atoms with Gasteiger partial charge in [-0.2, -0.15) is 4.72 Å². The number of amides is 1. The number of rotatable bonds is 7. The number of nitrogens with zero attached hydrogens (tertiary/aromatic N) is 2. The molecule has 0 aliphatic heterocycles. The number of fused-ring (bicyclic) bond motifs is 1. The van der Waals surface area contributed by atoms with Crippen LogP contribution < -0.4 is 10.0 Å². The van der Waals surface area contributed by atoms with E-state index in [0.717, 1.165) is 16.6 Å². The highest BCUT2D eigenvalue weighted by Gasteiger charge is 2.23. The summed E-state index contributed by atoms with van der Waals surface area (Å²) in [7, 11) is -1.82. The van der Waals surface area contributed by atoms with Crippen LogP contribution in [0.3, 0.4) is 0 Å². The molecule has 0 bridgehead atoms. The number of aryl methyl sites for hydroxylation is 1. The molecule has 8 heteroatoms. The molecule has 0 aliphatic rings. The smallest absolute Gasteiger partial charge is 0.252 e. The molecule has 7 nitrogen and oxygen atoms in total. The molecular weight excluding hydrogens is 436 g/mol. The first-order chi connectivity index (χ1) is 15.9. The van der Waals surface area contributed by atoms with E-state index in [1.165, 1.54) is 24.3 Å². The summed E-state index contributed by atoms with van der Waals surface area (Å²) < 4.78 is 28.7. The van der Waals surface area contributed by atoms with Crippen LogP contribution in [0.25, 0.3) is 11.0 Å². The lowest BCUT2D eigenvalue weighted by Gasteiger charge is -2.19. The molecule has 4 rings (SSSR count). The third-order valence-electron chi connectivity index (χ3n) is 5.28. The van der Waals surface area contributed by atoms with E-state index < -0.39 is 16.1 Å². The van der Waals surface area contributed by atoms with Crippen LogP contribution in [0, 0.1) is 12.3 Å². The number of terminal acetylenes is 1. The molecule has 0 spiro atoms. The first kappa shape index (κ1) is 22.3. The van der Waals surface area contributed by atoms with E-state index in [1.807, 2.05) is 66.2 Å². The summed E-state index contributed by atoms with van der Waals surface area (Å²) in [5.74, 6) is 2.57. The van der Waals surface area contributed by atoms with Gasteiger partial charge in [0.25, 0.3) is 5.91 Å². The number of carbonyl (C=O) groups excluding carboxylic acids is 1. The van der Waals surface area contributed by atoms with Gasteiger partial charge >= 0.3 is 0 Å². The lowest BCUT2D eigenvalue weighted by molar-refractivity contribution is 0.0941. The highest BCUT2D eigenvalue weighted by atomic mass is 32.2. The predicted octanol–water partition coefficient (Wildman–Crippen LogP) is 3.00. The Kier molecular flexibility index (Phi) is 6.27. The molecule has 33 heavy (non-hydrogen) atoms. The topological polar surface area (TPSA) is 93.1 Å². The molecule has 1 unspecified atom stereocenters. The minimum absolute atomic E-state index is 0.0317. The number of carbonyl (C=O) groups is 1. The van der Waals surface area contributed by atoms with E-state index in [-0.39, 0.29) is 17.3 Å². The van der Waals surface area contributed by atoms with Gasteiger partial charge in [-0.3, -0.25) is 4.79 Å². The zero-order valence-corrected chi connectivity index (χ0v) is 18.7. The van der Waals surface area contributed by atoms with Crippen molar-refractivity contribution in [3.05, 3.63) is 95.8 Å². The van der Waals surface area contributed by atoms with E-state index in [1.54, 1.807) is 0 Å². The summed E-state index contributed by atoms with van der Waals surface area (Å²) in [5.41, 5.74) is 2.99. The second-order valence-corrected chi connectivity index (χ2v) is 9.15. The summed E-state index contributed by atoms with van der Waals surface area (Å²) in [4.78, 5) is 17.9. The van der Waals surface area contributed by atoms with E-state index in [9.17, 15) is 13.2 Å². The molecule has 4 aromatic rings. The zero-order chi connectivity index (χ0) is 23.4. The number of hydrogen-bond acceptors (Lipinski definition) is 4. The van der Waals surface area contributed by atoms with Crippen LogP contribution in [0.15, 0.2) is 83.8 Å². The van der Waals surface area contributed by atoms with E-state index in [2.05, 4.69) is 16.0 Å². The normalized spacial score (nSPS) is 12.2. The number of aromatic nitrogens is 2. The van der Waals surface area contributed by atoms with Crippen molar-refractivity contribution in [3.63, 3.8) is 0 Å². The van der Waals surface area contributed by atoms with Gasteiger partial charge in [-0.15, -0.1) is 6.42 Å². The third-order valence-corrected chi connectivity index (χ3v) is 6.70. The average molecular weight is 459 g/mol. The molecule has 0 aliphatic carbocycles. The summed E-state index contributed by atoms with van der Waals surface area (Å²) in [5, 5.41) is 3.05. The van der Waals surface area contributed by atoms with Crippen LogP contribution in [0.5, 0.6) is 0 Å². The van der Waals surface area contributed by atoms with Crippen LogP contribution in [0.1, 0.15) is 27.8 Å². The molecule has 1 atom stereocenters. The van der Waals surface area contributed by atoms with Crippen LogP contribution in [-0.2, 0) is 17.1 Å². The summed E-state index contributed by atoms with van der Waals surface area (Å²) in [6.45, 7) is -0.110. The van der Waals surface area contributed by atoms with Crippen molar-refractivity contribution in [2.45, 2.75) is 10.9 Å². The third kappa shape index (κ3) is 4.65. The van der Waals surface area contributed by atoms with E-state index in [0.29, 0.717) is 11.4 Å². The molecular formula is C25H22N4O3S. The van der Waals surface area contributed by atoms with Crippen LogP contribution in [0.4, 0.5) is 0 Å². The molecule has 0 saturated heterocycles. The summed E-state index contributed by atoms with van der Waals surface area (Å²) in [6, 6.07) is 22.5. The Labute approximate surface area is 192 Å². The maximum atomic E-state index is 13.1. The predicted molar refractivity (Wildman–Crippen MR) is 127 cm³/mol. The monoisotopic (exact) mass is 458 g/mol. The van der Waals surface area contributed by atoms with Gasteiger partial charge < -0.3 is 9.88 Å². The van der Waals surface area contributed by atoms with Crippen molar-refractivity contribution in [3.8, 4) is 12.3 Å². The lowest BCUT2D eigenvalue weighted by atomic mass is 10.1. The zero-order valence-electron chi connectivity index (χ0n) is 17.9. The van der Waals surface area contributed by atoms with Crippen LogP contribution in [-0.4, -0.2) is 30.4 Å². The molecule has 2 N–H and O–H groups in total. The molecule has 166 valence electrons. The Morgan fingerprint density at radius 2 is 1.70 bits per heavy atom. The standard InChI is InChI=1S/C25H22N4O3S/c1-3-17-26-33(31,32)20-15-13-19(14-16-20)25(30)28-23(18-9-5-4-6-10-18)24-27-21-11-7-8-12-22(21)29(24)2/h1,4-16,23,26H,17H2,2H3,(H,28,30). The quantitative estimate of drug-likeness (QED) is 0.417. The van der Waals surface area contributed by atoms with Gasteiger partial charge in [-0.1, -0.05) is 48.4 Å². The van der Waals surface area contributed by atoms with Crippen molar-refractivity contribution >= 4 is 27.0 Å². The Morgan fingerprint density at radius 3 is 2.36 bits per heavy atom. The van der Waals surface area contributed by atoms with Crippen molar-refractivity contribution in [2.24, 2.45) is 7.05 Å². The molecule has 3 aromatic carbocycles.